The van der Waals surface area contributed by atoms with E-state index in [0.717, 1.165) is 55.2 Å². The van der Waals surface area contributed by atoms with E-state index in [4.69, 9.17) is 15.0 Å². The lowest BCUT2D eigenvalue weighted by Crippen LogP contribution is -2.16. The summed E-state index contributed by atoms with van der Waals surface area (Å²) < 4.78 is 0. The Kier molecular flexibility index (Phi) is 8.09. The van der Waals surface area contributed by atoms with Crippen LogP contribution in [0.4, 0.5) is 17.3 Å². The predicted molar refractivity (Wildman–Crippen MR) is 254 cm³/mol. The number of aromatic nitrogens is 5. The standard InChI is InChI=1S/C56H38N6/c1-56(2)49-31-45(29-40-17-18-41-30-46(44-13-7-25-57-33-44)32-50(56)52(41)51(40)49)37-21-23-47(24-22-37)62(48-14-8-26-58-34-48)55-60-53(42-19-15-35-9-3-5-11-38(35)27-42)59-54(61-55)43-20-16-36-10-4-6-12-39(36)28-43/h3-34H,1-2H3. The van der Waals surface area contributed by atoms with Gasteiger partial charge in [-0.25, -0.2) is 4.98 Å². The summed E-state index contributed by atoms with van der Waals surface area (Å²) in [5.41, 5.74) is 10.7. The number of nitrogens with zero attached hydrogens (tertiary/aromatic N) is 6. The molecule has 6 nitrogen and oxygen atoms in total. The highest BCUT2D eigenvalue weighted by molar-refractivity contribution is 6.16. The molecule has 0 fully saturated rings. The van der Waals surface area contributed by atoms with Gasteiger partial charge in [0.25, 0.3) is 0 Å². The quantitative estimate of drug-likeness (QED) is 0.150. The van der Waals surface area contributed by atoms with Crippen molar-refractivity contribution < 1.29 is 0 Å². The second-order valence-corrected chi connectivity index (χ2v) is 16.7. The van der Waals surface area contributed by atoms with E-state index in [0.29, 0.717) is 17.6 Å². The lowest BCUT2D eigenvalue weighted by molar-refractivity contribution is 0.663. The van der Waals surface area contributed by atoms with E-state index in [9.17, 15) is 0 Å². The van der Waals surface area contributed by atoms with Crippen LogP contribution in [0.25, 0.3) is 88.1 Å². The van der Waals surface area contributed by atoms with Gasteiger partial charge >= 0.3 is 0 Å². The Morgan fingerprint density at radius 1 is 0.371 bits per heavy atom. The number of fused-ring (bicyclic) bond motifs is 2. The van der Waals surface area contributed by atoms with Gasteiger partial charge in [0.1, 0.15) is 0 Å². The minimum atomic E-state index is -0.185. The summed E-state index contributed by atoms with van der Waals surface area (Å²) in [7, 11) is 0. The SMILES string of the molecule is CC1(C)c2cc(-c3ccc(N(c4cccnc4)c4nc(-c5ccc6ccccc6c5)nc(-c5ccc6ccccc6c5)n4)cc3)cc3ccc4cc(-c5cccnc5)cc1c4c23. The lowest BCUT2D eigenvalue weighted by Gasteiger charge is -2.24. The largest absolute Gasteiger partial charge is 0.277 e. The van der Waals surface area contributed by atoms with E-state index in [1.54, 1.807) is 6.20 Å². The van der Waals surface area contributed by atoms with Gasteiger partial charge in [-0.3, -0.25) is 14.9 Å². The third-order valence-electron chi connectivity index (χ3n) is 12.6. The summed E-state index contributed by atoms with van der Waals surface area (Å²) in [6, 6.07) is 60.3. The molecule has 1 aliphatic carbocycles. The summed E-state index contributed by atoms with van der Waals surface area (Å²) in [4.78, 5) is 26.6. The molecule has 6 heteroatoms. The summed E-state index contributed by atoms with van der Waals surface area (Å²) in [5.74, 6) is 1.68. The molecule has 12 rings (SSSR count). The van der Waals surface area contributed by atoms with Gasteiger partial charge in [0.2, 0.25) is 5.95 Å². The smallest absolute Gasteiger partial charge is 0.238 e. The van der Waals surface area contributed by atoms with Gasteiger partial charge in [0, 0.05) is 46.4 Å². The fraction of sp³-hybridized carbons (Fsp3) is 0.0536. The minimum Gasteiger partial charge on any atom is -0.277 e. The number of pyridine rings is 2. The number of benzene rings is 8. The van der Waals surface area contributed by atoms with Crippen LogP contribution in [0.2, 0.25) is 0 Å². The minimum absolute atomic E-state index is 0.185. The molecule has 0 N–H and O–H groups in total. The van der Waals surface area contributed by atoms with Gasteiger partial charge in [0.15, 0.2) is 11.6 Å². The highest BCUT2D eigenvalue weighted by atomic mass is 15.3. The molecule has 11 aromatic rings. The molecule has 0 unspecified atom stereocenters. The van der Waals surface area contributed by atoms with E-state index in [-0.39, 0.29) is 5.41 Å². The highest BCUT2D eigenvalue weighted by Gasteiger charge is 2.35. The average molecular weight is 795 g/mol. The zero-order valence-corrected chi connectivity index (χ0v) is 34.2. The molecule has 292 valence electrons. The Morgan fingerprint density at radius 3 is 1.42 bits per heavy atom. The molecule has 0 saturated carbocycles. The predicted octanol–water partition coefficient (Wildman–Crippen LogP) is 14.1. The van der Waals surface area contributed by atoms with Crippen LogP contribution < -0.4 is 4.90 Å². The zero-order chi connectivity index (χ0) is 41.4. The molecular weight excluding hydrogens is 757 g/mol. The van der Waals surface area contributed by atoms with Crippen molar-refractivity contribution in [2.75, 3.05) is 4.90 Å². The average Bonchev–Trinajstić information content (AvgIpc) is 3.57. The van der Waals surface area contributed by atoms with Crippen LogP contribution in [-0.4, -0.2) is 24.9 Å². The maximum absolute atomic E-state index is 5.23. The molecule has 3 aromatic heterocycles. The van der Waals surface area contributed by atoms with E-state index in [2.05, 4.69) is 180 Å². The summed E-state index contributed by atoms with van der Waals surface area (Å²) >= 11 is 0. The molecule has 0 spiro atoms. The summed E-state index contributed by atoms with van der Waals surface area (Å²) in [6.07, 6.45) is 7.42. The van der Waals surface area contributed by atoms with Gasteiger partial charge in [-0.2, -0.15) is 9.97 Å². The van der Waals surface area contributed by atoms with Crippen molar-refractivity contribution in [2.24, 2.45) is 0 Å². The molecule has 0 aliphatic heterocycles. The third kappa shape index (κ3) is 5.91. The van der Waals surface area contributed by atoms with Crippen molar-refractivity contribution in [3.8, 4) is 45.0 Å². The fourth-order valence-corrected chi connectivity index (χ4v) is 9.38. The van der Waals surface area contributed by atoms with Crippen LogP contribution in [-0.2, 0) is 5.41 Å². The molecule has 3 heterocycles. The Hall–Kier alpha value is -8.09. The molecular formula is C56H38N6. The lowest BCUT2D eigenvalue weighted by atomic mass is 9.80. The highest BCUT2D eigenvalue weighted by Crippen LogP contribution is 2.51. The summed E-state index contributed by atoms with van der Waals surface area (Å²) in [6.45, 7) is 4.71. The van der Waals surface area contributed by atoms with Gasteiger partial charge in [0.05, 0.1) is 11.9 Å². The van der Waals surface area contributed by atoms with Crippen molar-refractivity contribution in [2.45, 2.75) is 19.3 Å². The summed E-state index contributed by atoms with van der Waals surface area (Å²) in [5, 5.41) is 9.78. The van der Waals surface area contributed by atoms with E-state index in [1.807, 2.05) is 36.8 Å². The molecule has 0 amide bonds. The maximum Gasteiger partial charge on any atom is 0.238 e. The zero-order valence-electron chi connectivity index (χ0n) is 34.2. The fourth-order valence-electron chi connectivity index (χ4n) is 9.38. The van der Waals surface area contributed by atoms with Gasteiger partial charge < -0.3 is 0 Å². The third-order valence-corrected chi connectivity index (χ3v) is 12.6. The Balaban J connectivity index is 0.976. The molecule has 0 saturated heterocycles. The van der Waals surface area contributed by atoms with Crippen molar-refractivity contribution in [1.29, 1.82) is 0 Å². The van der Waals surface area contributed by atoms with Crippen LogP contribution in [0.1, 0.15) is 25.0 Å². The second-order valence-electron chi connectivity index (χ2n) is 16.7. The molecule has 0 bridgehead atoms. The molecule has 8 aromatic carbocycles. The first-order chi connectivity index (χ1) is 30.4. The molecule has 1 aliphatic rings. The first kappa shape index (κ1) is 35.8. The monoisotopic (exact) mass is 794 g/mol. The van der Waals surface area contributed by atoms with E-state index >= 15 is 0 Å². The number of anilines is 3. The van der Waals surface area contributed by atoms with E-state index < -0.39 is 0 Å². The van der Waals surface area contributed by atoms with Gasteiger partial charge in [-0.15, -0.1) is 0 Å². The van der Waals surface area contributed by atoms with Gasteiger partial charge in [-0.05, 0) is 138 Å². The topological polar surface area (TPSA) is 67.7 Å². The molecule has 0 radical (unpaired) electrons. The van der Waals surface area contributed by atoms with Crippen LogP contribution in [0.15, 0.2) is 195 Å². The second kappa shape index (κ2) is 14.0. The Labute approximate surface area is 358 Å². The van der Waals surface area contributed by atoms with Gasteiger partial charge in [-0.1, -0.05) is 117 Å². The number of hydrogen-bond donors (Lipinski definition) is 0. The van der Waals surface area contributed by atoms with E-state index in [1.165, 1.54) is 43.8 Å². The Bertz CT molecular complexity index is 3450. The first-order valence-corrected chi connectivity index (χ1v) is 21.0. The molecule has 62 heavy (non-hydrogen) atoms. The Morgan fingerprint density at radius 2 is 0.871 bits per heavy atom. The van der Waals surface area contributed by atoms with Crippen LogP contribution in [0.5, 0.6) is 0 Å². The normalized spacial score (nSPS) is 12.8. The van der Waals surface area contributed by atoms with Crippen LogP contribution in [0.3, 0.4) is 0 Å². The molecule has 0 atom stereocenters. The maximum atomic E-state index is 5.23. The number of hydrogen-bond acceptors (Lipinski definition) is 6. The first-order valence-electron chi connectivity index (χ1n) is 21.0. The van der Waals surface area contributed by atoms with Crippen molar-refractivity contribution >= 4 is 60.4 Å². The van der Waals surface area contributed by atoms with Crippen molar-refractivity contribution in [3.63, 3.8) is 0 Å². The van der Waals surface area contributed by atoms with Crippen LogP contribution >= 0.6 is 0 Å². The van der Waals surface area contributed by atoms with Crippen LogP contribution in [0, 0.1) is 0 Å². The van der Waals surface area contributed by atoms with Crippen molar-refractivity contribution in [3.05, 3.63) is 206 Å². The van der Waals surface area contributed by atoms with Crippen molar-refractivity contribution in [1.82, 2.24) is 24.9 Å². The number of rotatable bonds is 7.